The zero-order chi connectivity index (χ0) is 31.8. The molecule has 1 saturated carbocycles. The molecule has 0 atom stereocenters. The van der Waals surface area contributed by atoms with Gasteiger partial charge in [-0.25, -0.2) is 4.79 Å². The average molecular weight is 618 g/mol. The number of nitrogens with zero attached hydrogens (tertiary/aromatic N) is 3. The minimum Gasteiger partial charge on any atom is -0.493 e. The number of ether oxygens (including phenoxy) is 3. The van der Waals surface area contributed by atoms with E-state index in [1.807, 2.05) is 37.3 Å². The molecule has 1 aliphatic carbocycles. The number of fused-ring (bicyclic) bond motifs is 2. The molecule has 0 bridgehead atoms. The van der Waals surface area contributed by atoms with Crippen molar-refractivity contribution in [1.29, 1.82) is 0 Å². The molecule has 11 heteroatoms. The van der Waals surface area contributed by atoms with Crippen molar-refractivity contribution in [2.75, 3.05) is 37.4 Å². The van der Waals surface area contributed by atoms with Crippen LogP contribution in [0.1, 0.15) is 18.4 Å². The fourth-order valence-corrected chi connectivity index (χ4v) is 5.53. The van der Waals surface area contributed by atoms with Gasteiger partial charge in [-0.2, -0.15) is 0 Å². The van der Waals surface area contributed by atoms with Gasteiger partial charge in [0.15, 0.2) is 11.5 Å². The van der Waals surface area contributed by atoms with E-state index in [0.29, 0.717) is 72.0 Å². The van der Waals surface area contributed by atoms with E-state index in [1.165, 1.54) is 7.11 Å². The first-order chi connectivity index (χ1) is 22.3. The van der Waals surface area contributed by atoms with Gasteiger partial charge in [0.2, 0.25) is 11.8 Å². The van der Waals surface area contributed by atoms with Crippen molar-refractivity contribution in [3.63, 3.8) is 0 Å². The monoisotopic (exact) mass is 617 g/mol. The summed E-state index contributed by atoms with van der Waals surface area (Å²) in [4.78, 5) is 49.4. The van der Waals surface area contributed by atoms with Gasteiger partial charge in [-0.1, -0.05) is 23.8 Å². The Morgan fingerprint density at radius 3 is 2.20 bits per heavy atom. The predicted octanol–water partition coefficient (Wildman–Crippen LogP) is 5.90. The summed E-state index contributed by atoms with van der Waals surface area (Å²) in [5.41, 5.74) is 3.75. The third kappa shape index (κ3) is 5.63. The van der Waals surface area contributed by atoms with Crippen molar-refractivity contribution < 1.29 is 28.6 Å². The van der Waals surface area contributed by atoms with Crippen molar-refractivity contribution in [2.45, 2.75) is 19.8 Å². The lowest BCUT2D eigenvalue weighted by Crippen LogP contribution is -2.35. The lowest BCUT2D eigenvalue weighted by Gasteiger charge is -2.17. The molecule has 1 saturated heterocycles. The quantitative estimate of drug-likeness (QED) is 0.236. The van der Waals surface area contributed by atoms with Crippen LogP contribution in [0, 0.1) is 12.3 Å². The summed E-state index contributed by atoms with van der Waals surface area (Å²) in [6.45, 7) is 3.53. The Labute approximate surface area is 264 Å². The maximum atomic E-state index is 13.1. The first-order valence-corrected chi connectivity index (χ1v) is 14.9. The van der Waals surface area contributed by atoms with Gasteiger partial charge in [-0.3, -0.25) is 24.5 Å². The van der Waals surface area contributed by atoms with Gasteiger partial charge in [0, 0.05) is 29.0 Å². The van der Waals surface area contributed by atoms with E-state index < -0.39 is 11.5 Å². The van der Waals surface area contributed by atoms with Crippen LogP contribution in [0.5, 0.6) is 23.0 Å². The number of pyridine rings is 1. The van der Waals surface area contributed by atoms with Crippen molar-refractivity contribution in [3.05, 3.63) is 90.1 Å². The lowest BCUT2D eigenvalue weighted by molar-refractivity contribution is -0.131. The van der Waals surface area contributed by atoms with E-state index in [9.17, 15) is 14.4 Å². The molecule has 0 spiro atoms. The van der Waals surface area contributed by atoms with E-state index in [2.05, 4.69) is 20.6 Å². The molecule has 4 aromatic rings. The number of nitrogens with one attached hydrogen (secondary N) is 2. The van der Waals surface area contributed by atoms with E-state index in [4.69, 9.17) is 14.2 Å². The van der Waals surface area contributed by atoms with Gasteiger partial charge < -0.3 is 24.8 Å². The Morgan fingerprint density at radius 1 is 0.848 bits per heavy atom. The summed E-state index contributed by atoms with van der Waals surface area (Å²) in [7, 11) is 1.50. The minimum absolute atomic E-state index is 0.249. The molecule has 46 heavy (non-hydrogen) atoms. The van der Waals surface area contributed by atoms with Gasteiger partial charge in [0.1, 0.15) is 16.9 Å². The van der Waals surface area contributed by atoms with E-state index in [0.717, 1.165) is 16.8 Å². The highest BCUT2D eigenvalue weighted by Gasteiger charge is 2.56. The number of anilines is 2. The minimum atomic E-state index is -1.08. The summed E-state index contributed by atoms with van der Waals surface area (Å²) < 4.78 is 17.4. The van der Waals surface area contributed by atoms with Crippen LogP contribution < -0.4 is 24.8 Å². The van der Waals surface area contributed by atoms with Gasteiger partial charge in [-0.15, -0.1) is 0 Å². The van der Waals surface area contributed by atoms with Gasteiger partial charge in [0.25, 0.3) is 0 Å². The van der Waals surface area contributed by atoms with Crippen molar-refractivity contribution in [2.24, 2.45) is 10.4 Å². The Morgan fingerprint density at radius 2 is 1.54 bits per heavy atom. The maximum absolute atomic E-state index is 13.1. The standard InChI is InChI=1S/C35H31N5O6/c1-21-3-5-23(6-4-21)38-32(41)35(13-14-35)33(42)39-24-7-9-25(10-8-24)45-29-12-16-36-27-18-31(30(44-2)17-26(27)29)46-34(43)40-19-22-11-15-37-28(22)20-40/h3-12,16-18H,13-15,19-20H2,1-2H3,(H,38,41)(H,39,42). The van der Waals surface area contributed by atoms with Gasteiger partial charge in [0.05, 0.1) is 38.0 Å². The second-order valence-electron chi connectivity index (χ2n) is 11.6. The first-order valence-electron chi connectivity index (χ1n) is 14.9. The molecule has 3 aliphatic rings. The summed E-state index contributed by atoms with van der Waals surface area (Å²) in [6, 6.07) is 19.5. The summed E-state index contributed by atoms with van der Waals surface area (Å²) >= 11 is 0. The largest absolute Gasteiger partial charge is 0.493 e. The molecule has 2 fully saturated rings. The molecule has 0 unspecified atom stereocenters. The molecule has 2 aliphatic heterocycles. The van der Waals surface area contributed by atoms with E-state index in [-0.39, 0.29) is 17.6 Å². The number of hydrogen-bond donors (Lipinski definition) is 2. The molecule has 1 aromatic heterocycles. The number of hydrogen-bond acceptors (Lipinski definition) is 8. The number of likely N-dealkylation sites (tertiary alicyclic amines) is 1. The van der Waals surface area contributed by atoms with Gasteiger partial charge >= 0.3 is 6.09 Å². The SMILES string of the molecule is COc1cc2c(Oc3ccc(NC(=O)C4(C(=O)Nc5ccc(C)cc5)CC4)cc3)ccnc2cc1OC(=O)N1CC2=CCN=C2C1. The molecule has 0 radical (unpaired) electrons. The van der Waals surface area contributed by atoms with Crippen LogP contribution in [-0.2, 0) is 9.59 Å². The van der Waals surface area contributed by atoms with Crippen LogP contribution in [0.3, 0.4) is 0 Å². The Balaban J connectivity index is 1.02. The number of amides is 3. The number of aryl methyl sites for hydroxylation is 1. The van der Waals surface area contributed by atoms with E-state index >= 15 is 0 Å². The summed E-state index contributed by atoms with van der Waals surface area (Å²) in [5.74, 6) is 0.993. The highest BCUT2D eigenvalue weighted by Crippen LogP contribution is 2.47. The second-order valence-corrected chi connectivity index (χ2v) is 11.6. The number of carbonyl (C=O) groups excluding carboxylic acids is 3. The van der Waals surface area contributed by atoms with Crippen LogP contribution in [0.4, 0.5) is 16.2 Å². The average Bonchev–Trinajstić information content (AvgIpc) is 3.60. The highest BCUT2D eigenvalue weighted by atomic mass is 16.6. The van der Waals surface area contributed by atoms with Crippen LogP contribution in [0.15, 0.2) is 89.6 Å². The number of aliphatic imine (C=N–C) groups is 1. The number of benzene rings is 3. The van der Waals surface area contributed by atoms with E-state index in [1.54, 1.807) is 53.6 Å². The number of aromatic nitrogens is 1. The fourth-order valence-electron chi connectivity index (χ4n) is 5.53. The Bertz CT molecular complexity index is 1910. The third-order valence-electron chi connectivity index (χ3n) is 8.40. The molecule has 3 heterocycles. The topological polar surface area (TPSA) is 131 Å². The van der Waals surface area contributed by atoms with Crippen LogP contribution in [0.2, 0.25) is 0 Å². The number of rotatable bonds is 8. The van der Waals surface area contributed by atoms with Crippen LogP contribution >= 0.6 is 0 Å². The van der Waals surface area contributed by atoms with Crippen LogP contribution in [-0.4, -0.2) is 60.2 Å². The molecular formula is C35H31N5O6. The number of carbonyl (C=O) groups is 3. The second kappa shape index (κ2) is 11.7. The molecule has 232 valence electrons. The lowest BCUT2D eigenvalue weighted by atomic mass is 10.0. The maximum Gasteiger partial charge on any atom is 0.416 e. The number of methoxy groups -OCH3 is 1. The smallest absolute Gasteiger partial charge is 0.416 e. The van der Waals surface area contributed by atoms with Crippen molar-refractivity contribution in [1.82, 2.24) is 9.88 Å². The molecule has 7 rings (SSSR count). The van der Waals surface area contributed by atoms with Crippen LogP contribution in [0.25, 0.3) is 10.9 Å². The summed E-state index contributed by atoms with van der Waals surface area (Å²) in [5, 5.41) is 6.39. The fraction of sp³-hybridized carbons (Fsp3) is 0.229. The van der Waals surface area contributed by atoms with Gasteiger partial charge in [-0.05, 0) is 73.9 Å². The zero-order valence-corrected chi connectivity index (χ0v) is 25.3. The Hall–Kier alpha value is -5.71. The predicted molar refractivity (Wildman–Crippen MR) is 173 cm³/mol. The third-order valence-corrected chi connectivity index (χ3v) is 8.40. The van der Waals surface area contributed by atoms with Crippen molar-refractivity contribution >= 4 is 45.9 Å². The summed E-state index contributed by atoms with van der Waals surface area (Å²) in [6.07, 6.45) is 4.11. The molecule has 3 amide bonds. The molecule has 2 N–H and O–H groups in total. The van der Waals surface area contributed by atoms with Crippen molar-refractivity contribution in [3.8, 4) is 23.0 Å². The molecular weight excluding hydrogens is 586 g/mol. The first kappa shape index (κ1) is 29.0. The normalized spacial score (nSPS) is 15.8. The molecule has 11 nitrogen and oxygen atoms in total. The zero-order valence-electron chi connectivity index (χ0n) is 25.3. The molecule has 3 aromatic carbocycles. The highest BCUT2D eigenvalue weighted by molar-refractivity contribution is 6.17. The Kier molecular flexibility index (Phi) is 7.36.